The molecule has 3 heteroatoms. The van der Waals surface area contributed by atoms with E-state index in [4.69, 9.17) is 4.74 Å². The highest BCUT2D eigenvalue weighted by Crippen LogP contribution is 2.25. The highest BCUT2D eigenvalue weighted by Gasteiger charge is 2.26. The van der Waals surface area contributed by atoms with Crippen molar-refractivity contribution in [2.45, 2.75) is 57.2 Å². The minimum Gasteiger partial charge on any atom is -0.389 e. The number of aliphatic hydroxyl groups excluding tert-OH is 1. The quantitative estimate of drug-likeness (QED) is 0.748. The summed E-state index contributed by atoms with van der Waals surface area (Å²) in [4.78, 5) is 2.43. The van der Waals surface area contributed by atoms with Crippen molar-refractivity contribution in [3.63, 3.8) is 0 Å². The standard InChI is InChI=1S/C24H33NO2/c1-19-10-9-11-20(2)25(19)16-23(26)17-27-18-24(21-12-5-3-6-13-21)22-14-7-4-8-15-22/h3-8,12-15,19-20,23-24,26H,9-11,16-18H2,1-2H3. The molecule has 0 amide bonds. The molecule has 1 heterocycles. The van der Waals surface area contributed by atoms with E-state index in [-0.39, 0.29) is 5.92 Å². The lowest BCUT2D eigenvalue weighted by Gasteiger charge is -2.40. The summed E-state index contributed by atoms with van der Waals surface area (Å²) in [6.07, 6.45) is 3.30. The van der Waals surface area contributed by atoms with Gasteiger partial charge in [-0.05, 0) is 37.8 Å². The molecule has 0 bridgehead atoms. The molecule has 27 heavy (non-hydrogen) atoms. The highest BCUT2D eigenvalue weighted by atomic mass is 16.5. The van der Waals surface area contributed by atoms with Gasteiger partial charge in [-0.15, -0.1) is 0 Å². The zero-order valence-corrected chi connectivity index (χ0v) is 16.6. The number of likely N-dealkylation sites (tertiary alicyclic amines) is 1. The molecule has 3 atom stereocenters. The number of rotatable bonds is 8. The summed E-state index contributed by atoms with van der Waals surface area (Å²) in [5.74, 6) is 0.187. The first-order valence-electron chi connectivity index (χ1n) is 10.3. The normalized spacial score (nSPS) is 22.1. The van der Waals surface area contributed by atoms with E-state index < -0.39 is 6.10 Å². The summed E-state index contributed by atoms with van der Waals surface area (Å²) in [7, 11) is 0. The van der Waals surface area contributed by atoms with E-state index in [1.807, 2.05) is 12.1 Å². The van der Waals surface area contributed by atoms with Crippen LogP contribution in [0.4, 0.5) is 0 Å². The third kappa shape index (κ3) is 5.65. The molecular formula is C24H33NO2. The van der Waals surface area contributed by atoms with Crippen molar-refractivity contribution in [3.8, 4) is 0 Å². The smallest absolute Gasteiger partial charge is 0.0900 e. The Hall–Kier alpha value is -1.68. The second kappa shape index (κ2) is 10.0. The van der Waals surface area contributed by atoms with Crippen LogP contribution in [0, 0.1) is 0 Å². The number of hydrogen-bond donors (Lipinski definition) is 1. The Morgan fingerprint density at radius 3 is 1.93 bits per heavy atom. The van der Waals surface area contributed by atoms with Gasteiger partial charge in [-0.25, -0.2) is 0 Å². The van der Waals surface area contributed by atoms with Crippen molar-refractivity contribution >= 4 is 0 Å². The minimum atomic E-state index is -0.444. The van der Waals surface area contributed by atoms with Crippen LogP contribution in [-0.2, 0) is 4.74 Å². The van der Waals surface area contributed by atoms with Crippen molar-refractivity contribution in [2.75, 3.05) is 19.8 Å². The van der Waals surface area contributed by atoms with Gasteiger partial charge in [0, 0.05) is 24.5 Å². The summed E-state index contributed by atoms with van der Waals surface area (Å²) in [6, 6.07) is 22.0. The largest absolute Gasteiger partial charge is 0.389 e. The van der Waals surface area contributed by atoms with Gasteiger partial charge in [0.25, 0.3) is 0 Å². The van der Waals surface area contributed by atoms with Gasteiger partial charge in [-0.3, -0.25) is 4.90 Å². The molecule has 0 aliphatic carbocycles. The Morgan fingerprint density at radius 1 is 0.889 bits per heavy atom. The Labute approximate surface area is 164 Å². The monoisotopic (exact) mass is 367 g/mol. The van der Waals surface area contributed by atoms with Crippen LogP contribution in [0.25, 0.3) is 0 Å². The zero-order valence-electron chi connectivity index (χ0n) is 16.6. The molecule has 3 unspecified atom stereocenters. The molecule has 2 aromatic carbocycles. The highest BCUT2D eigenvalue weighted by molar-refractivity contribution is 5.32. The summed E-state index contributed by atoms with van der Waals surface area (Å²) < 4.78 is 6.00. The Bertz CT molecular complexity index is 611. The number of benzene rings is 2. The van der Waals surface area contributed by atoms with Crippen molar-refractivity contribution in [1.29, 1.82) is 0 Å². The molecule has 0 aromatic heterocycles. The molecule has 0 spiro atoms. The Morgan fingerprint density at radius 2 is 1.41 bits per heavy atom. The number of ether oxygens (including phenoxy) is 1. The van der Waals surface area contributed by atoms with Crippen LogP contribution in [-0.4, -0.2) is 48.0 Å². The topological polar surface area (TPSA) is 32.7 Å². The first kappa shape index (κ1) is 20.1. The average Bonchev–Trinajstić information content (AvgIpc) is 2.69. The van der Waals surface area contributed by atoms with Crippen molar-refractivity contribution < 1.29 is 9.84 Å². The van der Waals surface area contributed by atoms with Crippen LogP contribution >= 0.6 is 0 Å². The molecule has 1 aliphatic rings. The zero-order chi connectivity index (χ0) is 19.1. The van der Waals surface area contributed by atoms with Gasteiger partial charge in [-0.1, -0.05) is 67.1 Å². The molecule has 1 N–H and O–H groups in total. The summed E-state index contributed by atoms with van der Waals surface area (Å²) in [5, 5.41) is 10.5. The second-order valence-electron chi connectivity index (χ2n) is 7.89. The molecule has 2 aromatic rings. The molecule has 1 aliphatic heterocycles. The number of hydrogen-bond acceptors (Lipinski definition) is 3. The van der Waals surface area contributed by atoms with Crippen LogP contribution in [0.15, 0.2) is 60.7 Å². The first-order chi connectivity index (χ1) is 13.1. The van der Waals surface area contributed by atoms with E-state index in [1.54, 1.807) is 0 Å². The van der Waals surface area contributed by atoms with Crippen LogP contribution in [0.2, 0.25) is 0 Å². The lowest BCUT2D eigenvalue weighted by Crippen LogP contribution is -2.48. The van der Waals surface area contributed by atoms with Crippen LogP contribution in [0.1, 0.15) is 50.2 Å². The second-order valence-corrected chi connectivity index (χ2v) is 7.89. The van der Waals surface area contributed by atoms with Crippen molar-refractivity contribution in [3.05, 3.63) is 71.8 Å². The van der Waals surface area contributed by atoms with Gasteiger partial charge >= 0.3 is 0 Å². The summed E-state index contributed by atoms with van der Waals surface area (Å²) >= 11 is 0. The SMILES string of the molecule is CC1CCCC(C)N1CC(O)COCC(c1ccccc1)c1ccccc1. The molecule has 1 saturated heterocycles. The van der Waals surface area contributed by atoms with Gasteiger partial charge in [0.1, 0.15) is 0 Å². The molecule has 3 nitrogen and oxygen atoms in total. The lowest BCUT2D eigenvalue weighted by molar-refractivity contribution is -0.0103. The molecule has 0 radical (unpaired) electrons. The maximum absolute atomic E-state index is 10.5. The summed E-state index contributed by atoms with van der Waals surface area (Å²) in [5.41, 5.74) is 2.49. The fraction of sp³-hybridized carbons (Fsp3) is 0.500. The van der Waals surface area contributed by atoms with Crippen LogP contribution in [0.5, 0.6) is 0 Å². The third-order valence-electron chi connectivity index (χ3n) is 5.80. The van der Waals surface area contributed by atoms with E-state index in [1.165, 1.54) is 30.4 Å². The van der Waals surface area contributed by atoms with Gasteiger partial charge in [0.05, 0.1) is 19.3 Å². The first-order valence-corrected chi connectivity index (χ1v) is 10.3. The minimum absolute atomic E-state index is 0.187. The maximum Gasteiger partial charge on any atom is 0.0900 e. The molecule has 0 saturated carbocycles. The van der Waals surface area contributed by atoms with Crippen LogP contribution in [0.3, 0.4) is 0 Å². The predicted octanol–water partition coefficient (Wildman–Crippen LogP) is 4.46. The van der Waals surface area contributed by atoms with E-state index in [2.05, 4.69) is 67.3 Å². The number of aliphatic hydroxyl groups is 1. The third-order valence-corrected chi connectivity index (χ3v) is 5.80. The Kier molecular flexibility index (Phi) is 7.45. The van der Waals surface area contributed by atoms with Gasteiger partial charge in [0.15, 0.2) is 0 Å². The lowest BCUT2D eigenvalue weighted by atomic mass is 9.92. The van der Waals surface area contributed by atoms with Crippen molar-refractivity contribution in [2.24, 2.45) is 0 Å². The molecule has 146 valence electrons. The van der Waals surface area contributed by atoms with Gasteiger partial charge in [-0.2, -0.15) is 0 Å². The number of β-amino-alcohol motifs (C(OH)–C–C–N with tert-alkyl or cyclic N) is 1. The van der Waals surface area contributed by atoms with Crippen LogP contribution < -0.4 is 0 Å². The van der Waals surface area contributed by atoms with E-state index in [0.29, 0.717) is 31.8 Å². The van der Waals surface area contributed by atoms with E-state index >= 15 is 0 Å². The van der Waals surface area contributed by atoms with Gasteiger partial charge in [0.2, 0.25) is 0 Å². The van der Waals surface area contributed by atoms with E-state index in [0.717, 1.165) is 0 Å². The molecule has 3 rings (SSSR count). The van der Waals surface area contributed by atoms with E-state index in [9.17, 15) is 5.11 Å². The van der Waals surface area contributed by atoms with Crippen molar-refractivity contribution in [1.82, 2.24) is 4.90 Å². The molecule has 1 fully saturated rings. The summed E-state index contributed by atoms with van der Waals surface area (Å²) in [6.45, 7) is 6.19. The number of nitrogens with zero attached hydrogens (tertiary/aromatic N) is 1. The predicted molar refractivity (Wildman–Crippen MR) is 111 cm³/mol. The average molecular weight is 368 g/mol. The Balaban J connectivity index is 1.56. The fourth-order valence-electron chi connectivity index (χ4n) is 4.21. The maximum atomic E-state index is 10.5. The molecular weight excluding hydrogens is 334 g/mol. The number of piperidine rings is 1. The fourth-order valence-corrected chi connectivity index (χ4v) is 4.21. The van der Waals surface area contributed by atoms with Gasteiger partial charge < -0.3 is 9.84 Å².